The van der Waals surface area contributed by atoms with Gasteiger partial charge < -0.3 is 10.1 Å². The maximum Gasteiger partial charge on any atom is 0.250 e. The van der Waals surface area contributed by atoms with Crippen molar-refractivity contribution in [1.82, 2.24) is 5.32 Å². The molecule has 0 amide bonds. The molecular weight excluding hydrogens is 219 g/mol. The summed E-state index contributed by atoms with van der Waals surface area (Å²) < 4.78 is 42.0. The Bertz CT molecular complexity index is 344. The first-order chi connectivity index (χ1) is 7.54. The number of methoxy groups -OCH3 is 1. The summed E-state index contributed by atoms with van der Waals surface area (Å²) in [5.41, 5.74) is 0.610. The molecule has 5 heteroatoms. The third-order valence-corrected chi connectivity index (χ3v) is 2.25. The minimum absolute atomic E-state index is 0.143. The van der Waals surface area contributed by atoms with Crippen LogP contribution >= 0.6 is 0 Å². The van der Waals surface area contributed by atoms with E-state index in [1.165, 1.54) is 19.2 Å². The lowest BCUT2D eigenvalue weighted by atomic mass is 10.1. The van der Waals surface area contributed by atoms with Gasteiger partial charge in [-0.05, 0) is 24.6 Å². The SMILES string of the molecule is COc1ccc(C(C)NCC(F)F)cc1F. The molecule has 16 heavy (non-hydrogen) atoms. The van der Waals surface area contributed by atoms with Crippen LogP contribution in [0.4, 0.5) is 13.2 Å². The maximum atomic E-state index is 13.3. The van der Waals surface area contributed by atoms with Crippen LogP contribution in [0.2, 0.25) is 0 Å². The third-order valence-electron chi connectivity index (χ3n) is 2.25. The highest BCUT2D eigenvalue weighted by molar-refractivity contribution is 5.30. The lowest BCUT2D eigenvalue weighted by Crippen LogP contribution is -2.24. The van der Waals surface area contributed by atoms with Crippen molar-refractivity contribution < 1.29 is 17.9 Å². The molecule has 0 aliphatic heterocycles. The molecule has 1 atom stereocenters. The van der Waals surface area contributed by atoms with Crippen LogP contribution in [0.25, 0.3) is 0 Å². The van der Waals surface area contributed by atoms with E-state index in [1.807, 2.05) is 0 Å². The van der Waals surface area contributed by atoms with Crippen molar-refractivity contribution in [3.8, 4) is 5.75 Å². The lowest BCUT2D eigenvalue weighted by molar-refractivity contribution is 0.142. The fourth-order valence-electron chi connectivity index (χ4n) is 1.34. The Labute approximate surface area is 92.4 Å². The number of hydrogen-bond donors (Lipinski definition) is 1. The van der Waals surface area contributed by atoms with Gasteiger partial charge in [-0.3, -0.25) is 0 Å². The van der Waals surface area contributed by atoms with E-state index in [4.69, 9.17) is 4.74 Å². The van der Waals surface area contributed by atoms with Gasteiger partial charge in [0.15, 0.2) is 11.6 Å². The second kappa shape index (κ2) is 5.75. The quantitative estimate of drug-likeness (QED) is 0.844. The molecule has 90 valence electrons. The van der Waals surface area contributed by atoms with Crippen molar-refractivity contribution in [2.45, 2.75) is 19.4 Å². The fourth-order valence-corrected chi connectivity index (χ4v) is 1.34. The summed E-state index contributed by atoms with van der Waals surface area (Å²) in [6.07, 6.45) is -2.41. The van der Waals surface area contributed by atoms with Crippen LogP contribution in [0.1, 0.15) is 18.5 Å². The Kier molecular flexibility index (Phi) is 4.61. The molecule has 0 bridgehead atoms. The minimum Gasteiger partial charge on any atom is -0.494 e. The third kappa shape index (κ3) is 3.41. The van der Waals surface area contributed by atoms with Crippen LogP contribution < -0.4 is 10.1 Å². The summed E-state index contributed by atoms with van der Waals surface area (Å²) in [5.74, 6) is -0.351. The molecule has 1 aromatic carbocycles. The van der Waals surface area contributed by atoms with E-state index in [0.717, 1.165) is 0 Å². The lowest BCUT2D eigenvalue weighted by Gasteiger charge is -2.14. The van der Waals surface area contributed by atoms with E-state index in [-0.39, 0.29) is 11.8 Å². The highest BCUT2D eigenvalue weighted by Crippen LogP contribution is 2.21. The summed E-state index contributed by atoms with van der Waals surface area (Å²) in [5, 5.41) is 2.61. The molecule has 0 saturated carbocycles. The van der Waals surface area contributed by atoms with Gasteiger partial charge in [-0.15, -0.1) is 0 Å². The number of benzene rings is 1. The minimum atomic E-state index is -2.41. The van der Waals surface area contributed by atoms with Gasteiger partial charge in [-0.1, -0.05) is 6.07 Å². The van der Waals surface area contributed by atoms with Gasteiger partial charge in [0.2, 0.25) is 0 Å². The summed E-state index contributed by atoms with van der Waals surface area (Å²) in [6.45, 7) is 1.29. The van der Waals surface area contributed by atoms with Crippen LogP contribution in [0.5, 0.6) is 5.75 Å². The van der Waals surface area contributed by atoms with E-state index in [9.17, 15) is 13.2 Å². The van der Waals surface area contributed by atoms with Crippen LogP contribution in [0.3, 0.4) is 0 Å². The highest BCUT2D eigenvalue weighted by atomic mass is 19.3. The van der Waals surface area contributed by atoms with Gasteiger partial charge in [0.05, 0.1) is 13.7 Å². The summed E-state index contributed by atoms with van der Waals surface area (Å²) >= 11 is 0. The Morgan fingerprint density at radius 2 is 2.06 bits per heavy atom. The van der Waals surface area contributed by atoms with E-state index in [1.54, 1.807) is 13.0 Å². The van der Waals surface area contributed by atoms with Gasteiger partial charge in [0.25, 0.3) is 6.43 Å². The number of nitrogens with one attached hydrogen (secondary N) is 1. The van der Waals surface area contributed by atoms with E-state index in [0.29, 0.717) is 5.56 Å². The fraction of sp³-hybridized carbons (Fsp3) is 0.455. The molecule has 0 fully saturated rings. The number of hydrogen-bond acceptors (Lipinski definition) is 2. The number of rotatable bonds is 5. The maximum absolute atomic E-state index is 13.3. The molecule has 0 aliphatic carbocycles. The number of ether oxygens (including phenoxy) is 1. The number of halogens is 3. The summed E-state index contributed by atoms with van der Waals surface area (Å²) in [6, 6.07) is 4.08. The molecule has 0 saturated heterocycles. The number of alkyl halides is 2. The van der Waals surface area contributed by atoms with E-state index < -0.39 is 18.8 Å². The van der Waals surface area contributed by atoms with Gasteiger partial charge in [0.1, 0.15) is 0 Å². The molecule has 1 rings (SSSR count). The van der Waals surface area contributed by atoms with Gasteiger partial charge in [-0.2, -0.15) is 0 Å². The molecule has 0 aromatic heterocycles. The van der Waals surface area contributed by atoms with Crippen molar-refractivity contribution in [1.29, 1.82) is 0 Å². The zero-order valence-corrected chi connectivity index (χ0v) is 9.14. The first kappa shape index (κ1) is 12.8. The molecule has 0 heterocycles. The standard InChI is InChI=1S/C11H14F3NO/c1-7(15-6-11(13)14)8-3-4-10(16-2)9(12)5-8/h3-5,7,11,15H,6H2,1-2H3. The Balaban J connectivity index is 2.69. The second-order valence-electron chi connectivity index (χ2n) is 3.42. The normalized spacial score (nSPS) is 12.9. The van der Waals surface area contributed by atoms with E-state index >= 15 is 0 Å². The van der Waals surface area contributed by atoms with Crippen LogP contribution in [-0.4, -0.2) is 20.1 Å². The Hall–Kier alpha value is -1.23. The van der Waals surface area contributed by atoms with Crippen molar-refractivity contribution in [2.24, 2.45) is 0 Å². The Morgan fingerprint density at radius 3 is 2.56 bits per heavy atom. The molecule has 1 N–H and O–H groups in total. The topological polar surface area (TPSA) is 21.3 Å². The van der Waals surface area contributed by atoms with Crippen LogP contribution in [0, 0.1) is 5.82 Å². The van der Waals surface area contributed by atoms with Crippen molar-refractivity contribution in [3.63, 3.8) is 0 Å². The van der Waals surface area contributed by atoms with E-state index in [2.05, 4.69) is 5.32 Å². The van der Waals surface area contributed by atoms with Crippen molar-refractivity contribution in [2.75, 3.05) is 13.7 Å². The average molecular weight is 233 g/mol. The smallest absolute Gasteiger partial charge is 0.250 e. The predicted octanol–water partition coefficient (Wildman–Crippen LogP) is 2.75. The molecular formula is C11H14F3NO. The van der Waals surface area contributed by atoms with Crippen molar-refractivity contribution in [3.05, 3.63) is 29.6 Å². The van der Waals surface area contributed by atoms with Gasteiger partial charge in [-0.25, -0.2) is 13.2 Å². The Morgan fingerprint density at radius 1 is 1.38 bits per heavy atom. The molecule has 0 radical (unpaired) electrons. The first-order valence-electron chi connectivity index (χ1n) is 4.89. The second-order valence-corrected chi connectivity index (χ2v) is 3.42. The summed E-state index contributed by atoms with van der Waals surface area (Å²) in [4.78, 5) is 0. The molecule has 0 aliphatic rings. The van der Waals surface area contributed by atoms with Crippen LogP contribution in [0.15, 0.2) is 18.2 Å². The van der Waals surface area contributed by atoms with Crippen molar-refractivity contribution >= 4 is 0 Å². The molecule has 1 unspecified atom stereocenters. The van der Waals surface area contributed by atoms with Gasteiger partial charge in [0, 0.05) is 6.04 Å². The molecule has 1 aromatic rings. The molecule has 0 spiro atoms. The molecule has 2 nitrogen and oxygen atoms in total. The zero-order valence-electron chi connectivity index (χ0n) is 9.14. The monoisotopic (exact) mass is 233 g/mol. The summed E-state index contributed by atoms with van der Waals surface area (Å²) in [7, 11) is 1.37. The highest BCUT2D eigenvalue weighted by Gasteiger charge is 2.11. The average Bonchev–Trinajstić information content (AvgIpc) is 2.25. The predicted molar refractivity (Wildman–Crippen MR) is 55.4 cm³/mol. The largest absolute Gasteiger partial charge is 0.494 e. The van der Waals surface area contributed by atoms with Gasteiger partial charge >= 0.3 is 0 Å². The first-order valence-corrected chi connectivity index (χ1v) is 4.89. The zero-order chi connectivity index (χ0) is 12.1. The van der Waals surface area contributed by atoms with Crippen LogP contribution in [-0.2, 0) is 0 Å².